The number of pyridine rings is 2. The molecule has 218 valence electrons. The van der Waals surface area contributed by atoms with Gasteiger partial charge in [-0.15, -0.1) is 0 Å². The quantitative estimate of drug-likeness (QED) is 0.198. The first kappa shape index (κ1) is 19.9. The summed E-state index contributed by atoms with van der Waals surface area (Å²) in [5.74, 6) is 0.656. The maximum absolute atomic E-state index is 8.68. The second-order valence-corrected chi connectivity index (χ2v) is 12.2. The molecular formula is C40H42N2O. The van der Waals surface area contributed by atoms with Crippen LogP contribution in [0.5, 0.6) is 0 Å². The molecule has 43 heavy (non-hydrogen) atoms. The fourth-order valence-corrected chi connectivity index (χ4v) is 5.93. The first-order chi connectivity index (χ1) is 24.2. The molecule has 0 N–H and O–H groups in total. The van der Waals surface area contributed by atoms with E-state index in [0.29, 0.717) is 33.5 Å². The summed E-state index contributed by atoms with van der Waals surface area (Å²) in [5, 5.41) is 1.30. The van der Waals surface area contributed by atoms with Crippen molar-refractivity contribution in [2.75, 3.05) is 0 Å². The summed E-state index contributed by atoms with van der Waals surface area (Å²) in [6.45, 7) is 5.27. The summed E-state index contributed by atoms with van der Waals surface area (Å²) in [7, 11) is 0. The van der Waals surface area contributed by atoms with E-state index in [0.717, 1.165) is 22.3 Å². The van der Waals surface area contributed by atoms with Crippen molar-refractivity contribution >= 4 is 22.1 Å². The number of rotatable bonds is 6. The van der Waals surface area contributed by atoms with E-state index in [1.54, 1.807) is 36.4 Å². The number of benzene rings is 3. The Morgan fingerprint density at radius 2 is 1.44 bits per heavy atom. The van der Waals surface area contributed by atoms with E-state index < -0.39 is 20.6 Å². The fraction of sp³-hybridized carbons (Fsp3) is 0.300. The zero-order valence-corrected chi connectivity index (χ0v) is 25.5. The van der Waals surface area contributed by atoms with Gasteiger partial charge in [-0.25, -0.2) is 4.98 Å². The van der Waals surface area contributed by atoms with Crippen molar-refractivity contribution in [2.24, 2.45) is 0 Å². The number of nitrogens with zero attached hydrogens (tertiary/aromatic N) is 2. The van der Waals surface area contributed by atoms with Crippen LogP contribution in [0.25, 0.3) is 55.6 Å². The third kappa shape index (κ3) is 5.16. The third-order valence-electron chi connectivity index (χ3n) is 8.27. The second-order valence-electron chi connectivity index (χ2n) is 12.2. The van der Waals surface area contributed by atoms with Crippen LogP contribution < -0.4 is 0 Å². The Morgan fingerprint density at radius 1 is 0.674 bits per heavy atom. The van der Waals surface area contributed by atoms with Crippen LogP contribution >= 0.6 is 0 Å². The topological polar surface area (TPSA) is 38.9 Å². The smallest absolute Gasteiger partial charge is 0.227 e. The van der Waals surface area contributed by atoms with Crippen molar-refractivity contribution in [1.82, 2.24) is 9.97 Å². The molecule has 6 aromatic rings. The highest BCUT2D eigenvalue weighted by atomic mass is 16.3. The lowest BCUT2D eigenvalue weighted by Gasteiger charge is -2.24. The molecule has 0 bridgehead atoms. The minimum Gasteiger partial charge on any atom is -0.437 e. The van der Waals surface area contributed by atoms with Crippen molar-refractivity contribution < 1.29 is 16.8 Å². The molecular weight excluding hydrogens is 524 g/mol. The van der Waals surface area contributed by atoms with Crippen molar-refractivity contribution in [2.45, 2.75) is 79.9 Å². The van der Waals surface area contributed by atoms with Gasteiger partial charge in [0, 0.05) is 40.6 Å². The average Bonchev–Trinajstić information content (AvgIpc) is 3.44. The Morgan fingerprint density at radius 3 is 2.12 bits per heavy atom. The molecule has 0 saturated heterocycles. The van der Waals surface area contributed by atoms with Gasteiger partial charge in [-0.2, -0.15) is 0 Å². The highest BCUT2D eigenvalue weighted by molar-refractivity contribution is 6.08. The SMILES string of the molecule is [2H]C([2H])([2H])c1ccc2c(n1)oc1c(-c3cc(-c4ccc(-c5c(C(C)C)cc(C(C)C)cc5C(C)C)cc4C([2H])([2H])[2H])c(C([2H])([2H])[2H])cn3)cccc12. The Balaban J connectivity index is 1.60. The summed E-state index contributed by atoms with van der Waals surface area (Å²) in [5.41, 5.74) is 7.04. The van der Waals surface area contributed by atoms with E-state index in [-0.39, 0.29) is 45.5 Å². The number of hydrogen-bond acceptors (Lipinski definition) is 3. The van der Waals surface area contributed by atoms with Gasteiger partial charge in [-0.1, -0.05) is 84.0 Å². The van der Waals surface area contributed by atoms with Gasteiger partial charge in [-0.3, -0.25) is 4.98 Å². The summed E-state index contributed by atoms with van der Waals surface area (Å²) < 4.78 is 80.7. The van der Waals surface area contributed by atoms with Crippen molar-refractivity contribution in [1.29, 1.82) is 0 Å². The van der Waals surface area contributed by atoms with Crippen LogP contribution in [0.15, 0.2) is 77.3 Å². The van der Waals surface area contributed by atoms with Gasteiger partial charge in [-0.05, 0) is 113 Å². The van der Waals surface area contributed by atoms with Gasteiger partial charge in [0.1, 0.15) is 5.58 Å². The minimum absolute atomic E-state index is 0.0355. The maximum atomic E-state index is 8.68. The van der Waals surface area contributed by atoms with Gasteiger partial charge in [0.15, 0.2) is 0 Å². The molecule has 0 spiro atoms. The van der Waals surface area contributed by atoms with E-state index in [9.17, 15) is 0 Å². The van der Waals surface area contributed by atoms with Crippen LogP contribution in [0.4, 0.5) is 0 Å². The van der Waals surface area contributed by atoms with Gasteiger partial charge in [0.05, 0.1) is 5.69 Å². The lowest BCUT2D eigenvalue weighted by Crippen LogP contribution is -2.04. The largest absolute Gasteiger partial charge is 0.437 e. The van der Waals surface area contributed by atoms with E-state index in [4.69, 9.17) is 16.8 Å². The van der Waals surface area contributed by atoms with Crippen LogP contribution in [0.2, 0.25) is 0 Å². The number of aryl methyl sites for hydroxylation is 3. The molecule has 0 aliphatic rings. The van der Waals surface area contributed by atoms with E-state index in [1.165, 1.54) is 17.8 Å². The maximum Gasteiger partial charge on any atom is 0.227 e. The normalized spacial score (nSPS) is 16.0. The third-order valence-corrected chi connectivity index (χ3v) is 8.27. The number of furan rings is 1. The van der Waals surface area contributed by atoms with Crippen LogP contribution in [0.3, 0.4) is 0 Å². The Kier molecular flexibility index (Phi) is 5.13. The molecule has 3 nitrogen and oxygen atoms in total. The molecule has 3 heterocycles. The zero-order chi connectivity index (χ0) is 38.1. The summed E-state index contributed by atoms with van der Waals surface area (Å²) in [6, 6.07) is 19.9. The molecule has 0 unspecified atom stereocenters. The van der Waals surface area contributed by atoms with Gasteiger partial charge >= 0.3 is 0 Å². The van der Waals surface area contributed by atoms with Crippen LogP contribution in [0, 0.1) is 20.6 Å². The zero-order valence-electron chi connectivity index (χ0n) is 34.5. The van der Waals surface area contributed by atoms with E-state index >= 15 is 0 Å². The van der Waals surface area contributed by atoms with Gasteiger partial charge < -0.3 is 4.42 Å². The van der Waals surface area contributed by atoms with Crippen LogP contribution in [-0.4, -0.2) is 9.97 Å². The minimum atomic E-state index is -2.60. The van der Waals surface area contributed by atoms with Crippen molar-refractivity contribution in [3.05, 3.63) is 106 Å². The molecule has 3 aromatic carbocycles. The Hall–Kier alpha value is -4.24. The monoisotopic (exact) mass is 575 g/mol. The highest BCUT2D eigenvalue weighted by Gasteiger charge is 2.20. The molecule has 0 aliphatic heterocycles. The average molecular weight is 576 g/mol. The van der Waals surface area contributed by atoms with Crippen LogP contribution in [-0.2, 0) is 0 Å². The molecule has 0 atom stereocenters. The Bertz CT molecular complexity index is 2280. The number of aromatic nitrogens is 2. The highest BCUT2D eigenvalue weighted by Crippen LogP contribution is 2.41. The molecule has 0 amide bonds. The molecule has 0 saturated carbocycles. The number of fused-ring (bicyclic) bond motifs is 3. The standard InChI is InChI=1S/C40H42N2O/c1-22(2)29-18-34(23(3)4)38(35(19-29)24(5)6)28-14-16-30(25(7)17-28)36-20-37(41-21-26(36)8)33-12-10-11-31-32-15-13-27(9)42-40(32)43-39(31)33/h10-24H,1-9H3/i7D3,8D3,9D3. The first-order valence-electron chi connectivity index (χ1n) is 19.3. The first-order valence-corrected chi connectivity index (χ1v) is 14.8. The predicted molar refractivity (Wildman–Crippen MR) is 182 cm³/mol. The van der Waals surface area contributed by atoms with Crippen LogP contribution in [0.1, 0.15) is 105 Å². The molecule has 0 fully saturated rings. The Labute approximate surface area is 268 Å². The lowest BCUT2D eigenvalue weighted by molar-refractivity contribution is 0.653. The lowest BCUT2D eigenvalue weighted by atomic mass is 9.81. The fourth-order valence-electron chi connectivity index (χ4n) is 5.93. The van der Waals surface area contributed by atoms with Crippen molar-refractivity contribution in [3.8, 4) is 33.5 Å². The van der Waals surface area contributed by atoms with E-state index in [2.05, 4.69) is 63.6 Å². The molecule has 0 radical (unpaired) electrons. The molecule has 6 rings (SSSR count). The molecule has 3 heteroatoms. The van der Waals surface area contributed by atoms with Crippen molar-refractivity contribution in [3.63, 3.8) is 0 Å². The summed E-state index contributed by atoms with van der Waals surface area (Å²) in [6.07, 6.45) is 1.28. The molecule has 3 aromatic heterocycles. The molecule has 0 aliphatic carbocycles. The summed E-state index contributed by atoms with van der Waals surface area (Å²) >= 11 is 0. The summed E-state index contributed by atoms with van der Waals surface area (Å²) in [4.78, 5) is 8.81. The second kappa shape index (κ2) is 11.1. The number of para-hydroxylation sites is 1. The number of hydrogen-bond donors (Lipinski definition) is 0. The van der Waals surface area contributed by atoms with Gasteiger partial charge in [0.2, 0.25) is 5.71 Å². The van der Waals surface area contributed by atoms with Gasteiger partial charge in [0.25, 0.3) is 0 Å². The van der Waals surface area contributed by atoms with E-state index in [1.807, 2.05) is 12.1 Å². The predicted octanol–water partition coefficient (Wildman–Crippen LogP) is 11.7.